The minimum Gasteiger partial charge on any atom is -0.382 e. The smallest absolute Gasteiger partial charge is 0.221 e. The van der Waals surface area contributed by atoms with Crippen LogP contribution in [0.3, 0.4) is 0 Å². The van der Waals surface area contributed by atoms with Gasteiger partial charge in [0, 0.05) is 24.9 Å². The molecular formula is C13H19N5OS2. The fourth-order valence-electron chi connectivity index (χ4n) is 1.79. The zero-order valence-corrected chi connectivity index (χ0v) is 13.7. The predicted molar refractivity (Wildman–Crippen MR) is 88.8 cm³/mol. The van der Waals surface area contributed by atoms with Crippen molar-refractivity contribution in [1.82, 2.24) is 14.7 Å². The van der Waals surface area contributed by atoms with Gasteiger partial charge in [-0.05, 0) is 24.9 Å². The molecule has 0 saturated carbocycles. The van der Waals surface area contributed by atoms with Crippen LogP contribution in [0.2, 0.25) is 0 Å². The fourth-order valence-corrected chi connectivity index (χ4v) is 3.14. The number of nitrogens with one attached hydrogen (secondary N) is 2. The zero-order chi connectivity index (χ0) is 15.2. The number of aryl methyl sites for hydroxylation is 1. The van der Waals surface area contributed by atoms with E-state index in [1.807, 2.05) is 19.2 Å². The van der Waals surface area contributed by atoms with Crippen LogP contribution < -0.4 is 16.4 Å². The molecule has 0 radical (unpaired) electrons. The van der Waals surface area contributed by atoms with Crippen LogP contribution in [0, 0.1) is 6.92 Å². The second kappa shape index (κ2) is 7.37. The van der Waals surface area contributed by atoms with Crippen LogP contribution in [0.5, 0.6) is 0 Å². The van der Waals surface area contributed by atoms with Gasteiger partial charge in [0.2, 0.25) is 5.91 Å². The number of hydrogen-bond acceptors (Lipinski definition) is 7. The molecule has 0 aliphatic heterocycles. The van der Waals surface area contributed by atoms with E-state index >= 15 is 0 Å². The van der Waals surface area contributed by atoms with Crippen molar-refractivity contribution in [2.24, 2.45) is 0 Å². The lowest BCUT2D eigenvalue weighted by Gasteiger charge is -2.06. The number of anilines is 2. The summed E-state index contributed by atoms with van der Waals surface area (Å²) in [5, 5.41) is 9.89. The van der Waals surface area contributed by atoms with Gasteiger partial charge >= 0.3 is 0 Å². The van der Waals surface area contributed by atoms with Crippen molar-refractivity contribution < 1.29 is 4.79 Å². The van der Waals surface area contributed by atoms with Gasteiger partial charge in [-0.3, -0.25) is 4.79 Å². The Labute approximate surface area is 132 Å². The third kappa shape index (κ3) is 4.15. The molecule has 6 nitrogen and oxygen atoms in total. The van der Waals surface area contributed by atoms with E-state index in [0.29, 0.717) is 18.8 Å². The lowest BCUT2D eigenvalue weighted by molar-refractivity contribution is -0.120. The fraction of sp³-hybridized carbons (Fsp3) is 0.462. The minimum absolute atomic E-state index is 0.0490. The number of thiazole rings is 1. The van der Waals surface area contributed by atoms with Crippen molar-refractivity contribution in [3.63, 3.8) is 0 Å². The first kappa shape index (κ1) is 15.7. The monoisotopic (exact) mass is 325 g/mol. The van der Waals surface area contributed by atoms with Gasteiger partial charge in [0.25, 0.3) is 0 Å². The molecule has 0 aliphatic rings. The van der Waals surface area contributed by atoms with Crippen LogP contribution in [-0.4, -0.2) is 28.4 Å². The van der Waals surface area contributed by atoms with E-state index in [0.717, 1.165) is 34.2 Å². The molecule has 1 amide bonds. The maximum atomic E-state index is 11.6. The number of carbonyl (C=O) groups is 1. The van der Waals surface area contributed by atoms with Crippen molar-refractivity contribution in [2.45, 2.75) is 26.7 Å². The van der Waals surface area contributed by atoms with E-state index in [9.17, 15) is 4.79 Å². The van der Waals surface area contributed by atoms with Gasteiger partial charge < -0.3 is 16.4 Å². The Hall–Kier alpha value is -1.67. The van der Waals surface area contributed by atoms with Crippen LogP contribution in [0.15, 0.2) is 5.38 Å². The molecule has 2 heterocycles. The summed E-state index contributed by atoms with van der Waals surface area (Å²) >= 11 is 2.87. The number of hydrogen-bond donors (Lipinski definition) is 3. The average molecular weight is 325 g/mol. The lowest BCUT2D eigenvalue weighted by Crippen LogP contribution is -2.25. The summed E-state index contributed by atoms with van der Waals surface area (Å²) < 4.78 is 4.17. The van der Waals surface area contributed by atoms with Crippen LogP contribution in [0.4, 0.5) is 10.8 Å². The average Bonchev–Trinajstić information content (AvgIpc) is 3.02. The van der Waals surface area contributed by atoms with Gasteiger partial charge in [0.1, 0.15) is 10.8 Å². The van der Waals surface area contributed by atoms with Gasteiger partial charge in [0.15, 0.2) is 0 Å². The largest absolute Gasteiger partial charge is 0.382 e. The first-order valence-corrected chi connectivity index (χ1v) is 8.45. The van der Waals surface area contributed by atoms with Crippen LogP contribution in [0.1, 0.15) is 24.8 Å². The summed E-state index contributed by atoms with van der Waals surface area (Å²) in [7, 11) is 0. The quantitative estimate of drug-likeness (QED) is 0.727. The number of rotatable bonds is 7. The number of nitrogens with two attached hydrogens (primary N) is 1. The molecule has 0 bridgehead atoms. The zero-order valence-electron chi connectivity index (χ0n) is 12.1. The highest BCUT2D eigenvalue weighted by Crippen LogP contribution is 2.36. The van der Waals surface area contributed by atoms with E-state index in [-0.39, 0.29) is 5.91 Å². The summed E-state index contributed by atoms with van der Waals surface area (Å²) in [5.74, 6) is 0.524. The molecule has 0 spiro atoms. The van der Waals surface area contributed by atoms with Crippen molar-refractivity contribution in [2.75, 3.05) is 24.1 Å². The summed E-state index contributed by atoms with van der Waals surface area (Å²) in [4.78, 5) is 16.0. The minimum atomic E-state index is 0.0490. The molecule has 4 N–H and O–H groups in total. The normalized spacial score (nSPS) is 10.6. The van der Waals surface area contributed by atoms with Crippen molar-refractivity contribution in [3.05, 3.63) is 10.4 Å². The van der Waals surface area contributed by atoms with Gasteiger partial charge in [-0.2, -0.15) is 4.37 Å². The number of nitrogen functional groups attached to an aromatic ring is 1. The van der Waals surface area contributed by atoms with Crippen LogP contribution in [0.25, 0.3) is 11.3 Å². The van der Waals surface area contributed by atoms with E-state index < -0.39 is 0 Å². The molecule has 2 aromatic heterocycles. The molecule has 0 atom stereocenters. The molecule has 0 fully saturated rings. The van der Waals surface area contributed by atoms with E-state index in [1.165, 1.54) is 11.5 Å². The van der Waals surface area contributed by atoms with Crippen molar-refractivity contribution in [3.8, 4) is 11.3 Å². The molecule has 0 saturated heterocycles. The topological polar surface area (TPSA) is 92.9 Å². The van der Waals surface area contributed by atoms with Gasteiger partial charge in [-0.25, -0.2) is 4.98 Å². The summed E-state index contributed by atoms with van der Waals surface area (Å²) in [6.07, 6.45) is 1.37. The van der Waals surface area contributed by atoms with Gasteiger partial charge in [-0.1, -0.05) is 6.92 Å². The number of carbonyl (C=O) groups excluding carboxylic acids is 1. The highest BCUT2D eigenvalue weighted by molar-refractivity contribution is 7.11. The standard InChI is InChI=1S/C13H19N5OS2/c1-3-5-15-10(19)4-6-16-13-11(12(14)18-21-13)9-7-20-8(2)17-9/h7,16H,3-6H2,1-2H3,(H2,14,18)(H,15,19). The third-order valence-corrected chi connectivity index (χ3v) is 4.40. The van der Waals surface area contributed by atoms with Crippen molar-refractivity contribution in [1.29, 1.82) is 0 Å². The number of aromatic nitrogens is 2. The van der Waals surface area contributed by atoms with Gasteiger partial charge in [-0.15, -0.1) is 11.3 Å². The first-order valence-electron chi connectivity index (χ1n) is 6.80. The Morgan fingerprint density at radius 1 is 1.43 bits per heavy atom. The Bertz CT molecular complexity index is 607. The van der Waals surface area contributed by atoms with Crippen molar-refractivity contribution >= 4 is 39.6 Å². The Morgan fingerprint density at radius 3 is 2.90 bits per heavy atom. The third-order valence-electron chi connectivity index (χ3n) is 2.80. The molecule has 0 aromatic carbocycles. The molecule has 114 valence electrons. The molecule has 0 unspecified atom stereocenters. The molecule has 21 heavy (non-hydrogen) atoms. The SMILES string of the molecule is CCCNC(=O)CCNc1snc(N)c1-c1csc(C)n1. The molecule has 0 aliphatic carbocycles. The van der Waals surface area contributed by atoms with Crippen LogP contribution in [-0.2, 0) is 4.79 Å². The predicted octanol–water partition coefficient (Wildman–Crippen LogP) is 2.49. The highest BCUT2D eigenvalue weighted by Gasteiger charge is 2.16. The van der Waals surface area contributed by atoms with Gasteiger partial charge in [0.05, 0.1) is 16.3 Å². The van der Waals surface area contributed by atoms with Crippen LogP contribution >= 0.6 is 22.9 Å². The van der Waals surface area contributed by atoms with E-state index in [2.05, 4.69) is 20.0 Å². The molecule has 2 rings (SSSR count). The molecular weight excluding hydrogens is 306 g/mol. The van der Waals surface area contributed by atoms with E-state index in [4.69, 9.17) is 5.73 Å². The second-order valence-corrected chi connectivity index (χ2v) is 6.39. The molecule has 2 aromatic rings. The maximum Gasteiger partial charge on any atom is 0.221 e. The van der Waals surface area contributed by atoms with E-state index in [1.54, 1.807) is 11.3 Å². The Balaban J connectivity index is 1.97. The summed E-state index contributed by atoms with van der Waals surface area (Å²) in [6.45, 7) is 5.25. The summed E-state index contributed by atoms with van der Waals surface area (Å²) in [6, 6.07) is 0. The highest BCUT2D eigenvalue weighted by atomic mass is 32.1. The Kier molecular flexibility index (Phi) is 5.51. The molecule has 8 heteroatoms. The summed E-state index contributed by atoms with van der Waals surface area (Å²) in [5.41, 5.74) is 7.59. The Morgan fingerprint density at radius 2 is 2.24 bits per heavy atom. The second-order valence-electron chi connectivity index (χ2n) is 4.55. The lowest BCUT2D eigenvalue weighted by atomic mass is 10.2. The first-order chi connectivity index (χ1) is 10.1. The number of nitrogens with zero attached hydrogens (tertiary/aromatic N) is 2. The maximum absolute atomic E-state index is 11.6. The number of amides is 1.